The first-order chi connectivity index (χ1) is 13.8. The van der Waals surface area contributed by atoms with E-state index in [0.29, 0.717) is 11.2 Å². The summed E-state index contributed by atoms with van der Waals surface area (Å²) in [6.07, 6.45) is 0. The van der Waals surface area contributed by atoms with Crippen molar-refractivity contribution in [2.75, 3.05) is 31.1 Å². The van der Waals surface area contributed by atoms with Crippen molar-refractivity contribution in [3.63, 3.8) is 0 Å². The molecule has 0 radical (unpaired) electrons. The van der Waals surface area contributed by atoms with Crippen molar-refractivity contribution >= 4 is 16.7 Å². The van der Waals surface area contributed by atoms with Crippen LogP contribution in [-0.2, 0) is 0 Å². The highest BCUT2D eigenvalue weighted by Gasteiger charge is 2.14. The monoisotopic (exact) mass is 371 g/mol. The van der Waals surface area contributed by atoms with Gasteiger partial charge in [0.1, 0.15) is 11.4 Å². The number of H-pyrrole nitrogens is 1. The molecule has 2 aromatic heterocycles. The summed E-state index contributed by atoms with van der Waals surface area (Å²) >= 11 is 0. The number of fused-ring (bicyclic) bond motifs is 1. The molecule has 5 rings (SSSR count). The molecule has 0 atom stereocenters. The van der Waals surface area contributed by atoms with Gasteiger partial charge in [0, 0.05) is 48.4 Å². The number of piperazine rings is 1. The summed E-state index contributed by atoms with van der Waals surface area (Å²) in [6.45, 7) is 4.11. The van der Waals surface area contributed by atoms with Crippen molar-refractivity contribution in [1.29, 1.82) is 0 Å². The number of phenols is 1. The number of phenolic OH excluding ortho intramolecular Hbond substituents is 1. The Hall–Kier alpha value is -3.38. The molecule has 140 valence electrons. The fourth-order valence-corrected chi connectivity index (χ4v) is 3.72. The predicted octanol–water partition coefficient (Wildman–Crippen LogP) is 3.41. The van der Waals surface area contributed by atoms with Gasteiger partial charge in [-0.05, 0) is 36.4 Å². The van der Waals surface area contributed by atoms with Crippen LogP contribution < -0.4 is 10.2 Å². The SMILES string of the molecule is Oc1ccccc1-c1ccc2c(-c3ccc(N4CCNCC4)cc3)n[nH]c2n1. The quantitative estimate of drug-likeness (QED) is 0.514. The van der Waals surface area contributed by atoms with Crippen LogP contribution in [0.5, 0.6) is 5.75 Å². The third-order valence-corrected chi connectivity index (χ3v) is 5.23. The molecule has 0 unspecified atom stereocenters. The minimum Gasteiger partial charge on any atom is -0.507 e. The van der Waals surface area contributed by atoms with Crippen LogP contribution in [0.1, 0.15) is 0 Å². The van der Waals surface area contributed by atoms with E-state index in [1.807, 2.05) is 24.3 Å². The lowest BCUT2D eigenvalue weighted by molar-refractivity contribution is 0.477. The number of anilines is 1. The Balaban J connectivity index is 1.47. The lowest BCUT2D eigenvalue weighted by Crippen LogP contribution is -2.43. The van der Waals surface area contributed by atoms with E-state index in [1.54, 1.807) is 12.1 Å². The lowest BCUT2D eigenvalue weighted by atomic mass is 10.1. The number of rotatable bonds is 3. The molecule has 0 bridgehead atoms. The Morgan fingerprint density at radius 3 is 2.46 bits per heavy atom. The highest BCUT2D eigenvalue weighted by atomic mass is 16.3. The smallest absolute Gasteiger partial charge is 0.156 e. The van der Waals surface area contributed by atoms with Crippen molar-refractivity contribution in [3.05, 3.63) is 60.7 Å². The number of aromatic nitrogens is 3. The summed E-state index contributed by atoms with van der Waals surface area (Å²) in [4.78, 5) is 7.04. The van der Waals surface area contributed by atoms with Crippen molar-refractivity contribution in [2.24, 2.45) is 0 Å². The maximum Gasteiger partial charge on any atom is 0.156 e. The normalized spacial score (nSPS) is 14.5. The summed E-state index contributed by atoms with van der Waals surface area (Å²) in [5.74, 6) is 0.220. The topological polar surface area (TPSA) is 77.1 Å². The zero-order valence-electron chi connectivity index (χ0n) is 15.4. The molecule has 1 aliphatic heterocycles. The third kappa shape index (κ3) is 2.97. The molecule has 0 amide bonds. The Labute approximate surface area is 162 Å². The van der Waals surface area contributed by atoms with E-state index in [4.69, 9.17) is 0 Å². The molecule has 3 heterocycles. The van der Waals surface area contributed by atoms with Gasteiger partial charge in [-0.3, -0.25) is 5.10 Å². The molecule has 28 heavy (non-hydrogen) atoms. The molecule has 4 aromatic rings. The maximum absolute atomic E-state index is 10.1. The summed E-state index contributed by atoms with van der Waals surface area (Å²) in [5, 5.41) is 21.9. The van der Waals surface area contributed by atoms with Crippen LogP contribution >= 0.6 is 0 Å². The zero-order valence-corrected chi connectivity index (χ0v) is 15.4. The van der Waals surface area contributed by atoms with E-state index in [0.717, 1.165) is 48.5 Å². The molecule has 3 N–H and O–H groups in total. The Morgan fingerprint density at radius 2 is 1.68 bits per heavy atom. The number of pyridine rings is 1. The molecule has 6 heteroatoms. The summed E-state index contributed by atoms with van der Waals surface area (Å²) < 4.78 is 0. The summed E-state index contributed by atoms with van der Waals surface area (Å²) in [6, 6.07) is 19.7. The third-order valence-electron chi connectivity index (χ3n) is 5.23. The van der Waals surface area contributed by atoms with E-state index in [9.17, 15) is 5.11 Å². The van der Waals surface area contributed by atoms with E-state index in [2.05, 4.69) is 49.7 Å². The van der Waals surface area contributed by atoms with Gasteiger partial charge in [-0.25, -0.2) is 4.98 Å². The molecular weight excluding hydrogens is 350 g/mol. The second-order valence-corrected chi connectivity index (χ2v) is 6.97. The van der Waals surface area contributed by atoms with Gasteiger partial charge >= 0.3 is 0 Å². The lowest BCUT2D eigenvalue weighted by Gasteiger charge is -2.29. The Bertz CT molecular complexity index is 1110. The number of aromatic hydroxyl groups is 1. The van der Waals surface area contributed by atoms with Gasteiger partial charge in [0.05, 0.1) is 5.69 Å². The van der Waals surface area contributed by atoms with E-state index >= 15 is 0 Å². The van der Waals surface area contributed by atoms with Crippen molar-refractivity contribution < 1.29 is 5.11 Å². The number of hydrogen-bond donors (Lipinski definition) is 3. The second kappa shape index (κ2) is 6.98. The molecule has 6 nitrogen and oxygen atoms in total. The molecule has 0 aliphatic carbocycles. The van der Waals surface area contributed by atoms with E-state index < -0.39 is 0 Å². The molecule has 0 saturated carbocycles. The molecule has 2 aromatic carbocycles. The maximum atomic E-state index is 10.1. The molecule has 0 spiro atoms. The van der Waals surface area contributed by atoms with Crippen LogP contribution in [0.15, 0.2) is 60.7 Å². The van der Waals surface area contributed by atoms with Crippen molar-refractivity contribution in [3.8, 4) is 28.3 Å². The average molecular weight is 371 g/mol. The number of nitrogens with zero attached hydrogens (tertiary/aromatic N) is 3. The van der Waals surface area contributed by atoms with Gasteiger partial charge in [-0.2, -0.15) is 5.10 Å². The Morgan fingerprint density at radius 1 is 0.893 bits per heavy atom. The first kappa shape index (κ1) is 16.8. The van der Waals surface area contributed by atoms with Crippen molar-refractivity contribution in [1.82, 2.24) is 20.5 Å². The Kier molecular flexibility index (Phi) is 4.18. The van der Waals surface area contributed by atoms with Gasteiger partial charge in [0.15, 0.2) is 5.65 Å². The molecule has 1 saturated heterocycles. The predicted molar refractivity (Wildman–Crippen MR) is 112 cm³/mol. The van der Waals surface area contributed by atoms with Gasteiger partial charge in [0.25, 0.3) is 0 Å². The molecular formula is C22H21N5O. The van der Waals surface area contributed by atoms with Gasteiger partial charge in [-0.15, -0.1) is 0 Å². The van der Waals surface area contributed by atoms with Crippen LogP contribution in [0, 0.1) is 0 Å². The highest BCUT2D eigenvalue weighted by Crippen LogP contribution is 2.31. The van der Waals surface area contributed by atoms with Crippen molar-refractivity contribution in [2.45, 2.75) is 0 Å². The first-order valence-corrected chi connectivity index (χ1v) is 9.49. The van der Waals surface area contributed by atoms with Crippen LogP contribution in [0.2, 0.25) is 0 Å². The average Bonchev–Trinajstić information content (AvgIpc) is 3.18. The van der Waals surface area contributed by atoms with Gasteiger partial charge < -0.3 is 15.3 Å². The number of nitrogens with one attached hydrogen (secondary N) is 2. The van der Waals surface area contributed by atoms with Gasteiger partial charge in [-0.1, -0.05) is 24.3 Å². The second-order valence-electron chi connectivity index (χ2n) is 6.97. The van der Waals surface area contributed by atoms with Crippen LogP contribution in [0.4, 0.5) is 5.69 Å². The number of para-hydroxylation sites is 1. The summed E-state index contributed by atoms with van der Waals surface area (Å²) in [5.41, 5.74) is 5.32. The first-order valence-electron chi connectivity index (χ1n) is 9.49. The summed E-state index contributed by atoms with van der Waals surface area (Å²) in [7, 11) is 0. The van der Waals surface area contributed by atoms with Crippen LogP contribution in [0.3, 0.4) is 0 Å². The zero-order chi connectivity index (χ0) is 18.9. The van der Waals surface area contributed by atoms with E-state index in [1.165, 1.54) is 5.69 Å². The fraction of sp³-hybridized carbons (Fsp3) is 0.182. The largest absolute Gasteiger partial charge is 0.507 e. The molecule has 1 aliphatic rings. The van der Waals surface area contributed by atoms with Crippen LogP contribution in [-0.4, -0.2) is 46.5 Å². The number of aromatic amines is 1. The number of hydrogen-bond acceptors (Lipinski definition) is 5. The minimum atomic E-state index is 0.220. The standard InChI is InChI=1S/C22H21N5O/c28-20-4-2-1-3-17(20)19-10-9-18-21(25-26-22(18)24-19)15-5-7-16(8-6-15)27-13-11-23-12-14-27/h1-10,23,28H,11-14H2,(H,24,25,26). The fourth-order valence-electron chi connectivity index (χ4n) is 3.72. The highest BCUT2D eigenvalue weighted by molar-refractivity contribution is 5.92. The molecule has 1 fully saturated rings. The van der Waals surface area contributed by atoms with E-state index in [-0.39, 0.29) is 5.75 Å². The number of benzene rings is 2. The van der Waals surface area contributed by atoms with Crippen LogP contribution in [0.25, 0.3) is 33.5 Å². The minimum absolute atomic E-state index is 0.220. The van der Waals surface area contributed by atoms with Gasteiger partial charge in [0.2, 0.25) is 0 Å².